The van der Waals surface area contributed by atoms with Gasteiger partial charge in [-0.15, -0.1) is 0 Å². The highest BCUT2D eigenvalue weighted by Gasteiger charge is 2.08. The third-order valence-electron chi connectivity index (χ3n) is 3.33. The molecule has 2 rings (SSSR count). The van der Waals surface area contributed by atoms with Gasteiger partial charge in [0.2, 0.25) is 0 Å². The van der Waals surface area contributed by atoms with Gasteiger partial charge in [-0.1, -0.05) is 18.2 Å². The molecule has 2 nitrogen and oxygen atoms in total. The second-order valence-electron chi connectivity index (χ2n) is 5.59. The van der Waals surface area contributed by atoms with Crippen molar-refractivity contribution >= 4 is 0 Å². The van der Waals surface area contributed by atoms with Crippen molar-refractivity contribution in [3.05, 3.63) is 65.2 Å². The molecule has 1 atom stereocenters. The highest BCUT2D eigenvalue weighted by Crippen LogP contribution is 2.20. The molecule has 0 aliphatic rings. The largest absolute Gasteiger partial charge is 0.491 e. The molecule has 22 heavy (non-hydrogen) atoms. The first kappa shape index (κ1) is 16.4. The molecule has 2 aromatic rings. The van der Waals surface area contributed by atoms with Gasteiger partial charge < -0.3 is 10.1 Å². The highest BCUT2D eigenvalue weighted by atomic mass is 19.2. The van der Waals surface area contributed by atoms with E-state index in [1.807, 2.05) is 45.0 Å². The standard InChI is InChI=1S/C18H21F2NO/c1-12(2)22-16-6-4-5-15(10-16)13(3)21-11-14-7-8-17(19)18(20)9-14/h4-10,12-13,21H,11H2,1-3H3. The minimum atomic E-state index is -0.824. The van der Waals surface area contributed by atoms with Gasteiger partial charge in [-0.2, -0.15) is 0 Å². The molecule has 0 fully saturated rings. The SMILES string of the molecule is CC(C)Oc1cccc(C(C)NCc2ccc(F)c(F)c2)c1. The van der Waals surface area contributed by atoms with Crippen molar-refractivity contribution < 1.29 is 13.5 Å². The molecule has 4 heteroatoms. The predicted molar refractivity (Wildman–Crippen MR) is 83.8 cm³/mol. The van der Waals surface area contributed by atoms with Gasteiger partial charge in [-0.3, -0.25) is 0 Å². The molecule has 0 saturated heterocycles. The summed E-state index contributed by atoms with van der Waals surface area (Å²) >= 11 is 0. The summed E-state index contributed by atoms with van der Waals surface area (Å²) in [5.41, 5.74) is 1.79. The molecule has 0 bridgehead atoms. The van der Waals surface area contributed by atoms with Gasteiger partial charge in [0, 0.05) is 12.6 Å². The Labute approximate surface area is 130 Å². The molecular weight excluding hydrogens is 284 g/mol. The van der Waals surface area contributed by atoms with Crippen LogP contribution in [0.25, 0.3) is 0 Å². The Morgan fingerprint density at radius 1 is 1.00 bits per heavy atom. The Bertz CT molecular complexity index is 628. The quantitative estimate of drug-likeness (QED) is 0.842. The van der Waals surface area contributed by atoms with E-state index in [0.29, 0.717) is 12.1 Å². The van der Waals surface area contributed by atoms with Crippen LogP contribution < -0.4 is 10.1 Å². The normalized spacial score (nSPS) is 12.5. The predicted octanol–water partition coefficient (Wildman–Crippen LogP) is 4.60. The molecule has 0 aromatic heterocycles. The van der Waals surface area contributed by atoms with E-state index in [2.05, 4.69) is 5.32 Å². The first-order valence-electron chi connectivity index (χ1n) is 7.39. The zero-order valence-corrected chi connectivity index (χ0v) is 13.1. The van der Waals surface area contributed by atoms with E-state index in [9.17, 15) is 8.78 Å². The fourth-order valence-corrected chi connectivity index (χ4v) is 2.17. The Morgan fingerprint density at radius 2 is 1.77 bits per heavy atom. The van der Waals surface area contributed by atoms with Crippen LogP contribution in [0.3, 0.4) is 0 Å². The molecule has 0 amide bonds. The lowest BCUT2D eigenvalue weighted by Gasteiger charge is -2.16. The van der Waals surface area contributed by atoms with Gasteiger partial charge in [-0.25, -0.2) is 8.78 Å². The van der Waals surface area contributed by atoms with E-state index in [4.69, 9.17) is 4.74 Å². The number of benzene rings is 2. The number of rotatable bonds is 6. The summed E-state index contributed by atoms with van der Waals surface area (Å²) in [5.74, 6) is -0.816. The van der Waals surface area contributed by atoms with Crippen molar-refractivity contribution in [1.82, 2.24) is 5.32 Å². The van der Waals surface area contributed by atoms with Crippen LogP contribution in [-0.4, -0.2) is 6.10 Å². The Kier molecular flexibility index (Phi) is 5.50. The van der Waals surface area contributed by atoms with Crippen molar-refractivity contribution in [3.63, 3.8) is 0 Å². The molecular formula is C18H21F2NO. The molecule has 2 aromatic carbocycles. The smallest absolute Gasteiger partial charge is 0.159 e. The number of ether oxygens (including phenoxy) is 1. The molecule has 0 aliphatic carbocycles. The maximum absolute atomic E-state index is 13.2. The Hall–Kier alpha value is -1.94. The first-order chi connectivity index (χ1) is 10.5. The van der Waals surface area contributed by atoms with Crippen LogP contribution in [0.1, 0.15) is 37.9 Å². The van der Waals surface area contributed by atoms with Crippen LogP contribution in [0.4, 0.5) is 8.78 Å². The molecule has 1 N–H and O–H groups in total. The molecule has 0 spiro atoms. The van der Waals surface area contributed by atoms with Gasteiger partial charge in [0.25, 0.3) is 0 Å². The molecule has 0 saturated carbocycles. The van der Waals surface area contributed by atoms with Gasteiger partial charge in [-0.05, 0) is 56.2 Å². The minimum Gasteiger partial charge on any atom is -0.491 e. The third-order valence-corrected chi connectivity index (χ3v) is 3.33. The van der Waals surface area contributed by atoms with E-state index in [1.165, 1.54) is 6.07 Å². The first-order valence-corrected chi connectivity index (χ1v) is 7.39. The van der Waals surface area contributed by atoms with Gasteiger partial charge >= 0.3 is 0 Å². The highest BCUT2D eigenvalue weighted by molar-refractivity contribution is 5.30. The van der Waals surface area contributed by atoms with E-state index < -0.39 is 11.6 Å². The van der Waals surface area contributed by atoms with Gasteiger partial charge in [0.05, 0.1) is 6.10 Å². The van der Waals surface area contributed by atoms with Crippen molar-refractivity contribution in [2.45, 2.75) is 39.5 Å². The molecule has 0 aliphatic heterocycles. The van der Waals surface area contributed by atoms with Crippen LogP contribution in [0.15, 0.2) is 42.5 Å². The van der Waals surface area contributed by atoms with Crippen LogP contribution >= 0.6 is 0 Å². The lowest BCUT2D eigenvalue weighted by molar-refractivity contribution is 0.242. The Balaban J connectivity index is 1.99. The summed E-state index contributed by atoms with van der Waals surface area (Å²) in [6, 6.07) is 11.9. The van der Waals surface area contributed by atoms with Crippen molar-refractivity contribution in [2.24, 2.45) is 0 Å². The number of halogens is 2. The van der Waals surface area contributed by atoms with E-state index in [0.717, 1.165) is 17.4 Å². The number of hydrogen-bond acceptors (Lipinski definition) is 2. The van der Waals surface area contributed by atoms with Crippen molar-refractivity contribution in [1.29, 1.82) is 0 Å². The molecule has 118 valence electrons. The van der Waals surface area contributed by atoms with E-state index in [-0.39, 0.29) is 12.1 Å². The zero-order valence-electron chi connectivity index (χ0n) is 13.1. The number of nitrogens with one attached hydrogen (secondary N) is 1. The molecule has 0 heterocycles. The molecule has 0 radical (unpaired) electrons. The monoisotopic (exact) mass is 305 g/mol. The van der Waals surface area contributed by atoms with Crippen LogP contribution in [0, 0.1) is 11.6 Å². The van der Waals surface area contributed by atoms with Crippen LogP contribution in [0.2, 0.25) is 0 Å². The maximum atomic E-state index is 13.2. The van der Waals surface area contributed by atoms with E-state index in [1.54, 1.807) is 6.07 Å². The van der Waals surface area contributed by atoms with Crippen LogP contribution in [-0.2, 0) is 6.54 Å². The second kappa shape index (κ2) is 7.36. The summed E-state index contributed by atoms with van der Waals surface area (Å²) in [7, 11) is 0. The minimum absolute atomic E-state index is 0.0730. The third kappa shape index (κ3) is 4.53. The average Bonchev–Trinajstić information content (AvgIpc) is 2.48. The summed E-state index contributed by atoms with van der Waals surface area (Å²) in [5, 5.41) is 3.30. The molecule has 1 unspecified atom stereocenters. The summed E-state index contributed by atoms with van der Waals surface area (Å²) < 4.78 is 31.8. The fraction of sp³-hybridized carbons (Fsp3) is 0.333. The van der Waals surface area contributed by atoms with Crippen molar-refractivity contribution in [3.8, 4) is 5.75 Å². The zero-order chi connectivity index (χ0) is 16.1. The Morgan fingerprint density at radius 3 is 2.45 bits per heavy atom. The lowest BCUT2D eigenvalue weighted by atomic mass is 10.1. The summed E-state index contributed by atoms with van der Waals surface area (Å²) in [6.07, 6.45) is 0.126. The van der Waals surface area contributed by atoms with Crippen molar-refractivity contribution in [2.75, 3.05) is 0 Å². The second-order valence-corrected chi connectivity index (χ2v) is 5.59. The summed E-state index contributed by atoms with van der Waals surface area (Å²) in [6.45, 7) is 6.46. The van der Waals surface area contributed by atoms with Crippen LogP contribution in [0.5, 0.6) is 5.75 Å². The fourth-order valence-electron chi connectivity index (χ4n) is 2.17. The summed E-state index contributed by atoms with van der Waals surface area (Å²) in [4.78, 5) is 0. The maximum Gasteiger partial charge on any atom is 0.159 e. The lowest BCUT2D eigenvalue weighted by Crippen LogP contribution is -2.18. The average molecular weight is 305 g/mol. The van der Waals surface area contributed by atoms with E-state index >= 15 is 0 Å². The van der Waals surface area contributed by atoms with Gasteiger partial charge in [0.15, 0.2) is 11.6 Å². The topological polar surface area (TPSA) is 21.3 Å². The number of hydrogen-bond donors (Lipinski definition) is 1. The van der Waals surface area contributed by atoms with Gasteiger partial charge in [0.1, 0.15) is 5.75 Å².